The molecule has 0 unspecified atom stereocenters. The van der Waals surface area contributed by atoms with Gasteiger partial charge in [0.2, 0.25) is 5.96 Å². The lowest BCUT2D eigenvalue weighted by Gasteiger charge is -2.30. The number of pyridine rings is 1. The maximum atomic E-state index is 13.0. The number of rotatable bonds is 2. The van der Waals surface area contributed by atoms with Crippen LogP contribution in [0.5, 0.6) is 5.75 Å². The number of hydrogen-bond acceptors (Lipinski definition) is 4. The topological polar surface area (TPSA) is 105 Å². The van der Waals surface area contributed by atoms with Crippen molar-refractivity contribution >= 4 is 34.2 Å². The molecule has 2 heterocycles. The molecule has 4 rings (SSSR count). The highest BCUT2D eigenvalue weighted by Crippen LogP contribution is 2.34. The van der Waals surface area contributed by atoms with E-state index >= 15 is 0 Å². The van der Waals surface area contributed by atoms with Gasteiger partial charge in [0.05, 0.1) is 17.3 Å². The number of fused-ring (bicyclic) bond motifs is 1. The van der Waals surface area contributed by atoms with Gasteiger partial charge >= 0.3 is 0 Å². The van der Waals surface area contributed by atoms with Crippen molar-refractivity contribution in [2.75, 3.05) is 0 Å². The summed E-state index contributed by atoms with van der Waals surface area (Å²) in [7, 11) is 1.63. The van der Waals surface area contributed by atoms with E-state index in [4.69, 9.17) is 17.0 Å². The standard InChI is InChI=1S/C21H16ClN5O2/c1-26-16-5-3-2-4-14(16)19(28)18(20(26)29)15-10-17(27(11-23)21(24)25-15)12-6-8-13(22)9-7-12/h2-9,17,24,28H,10H2,1H3/t17-/m1/s1. The molecule has 1 aliphatic rings. The summed E-state index contributed by atoms with van der Waals surface area (Å²) >= 11 is 5.97. The quantitative estimate of drug-likeness (QED) is 0.636. The van der Waals surface area contributed by atoms with E-state index < -0.39 is 11.6 Å². The molecule has 0 radical (unpaired) electrons. The summed E-state index contributed by atoms with van der Waals surface area (Å²) in [4.78, 5) is 18.4. The molecule has 0 saturated carbocycles. The van der Waals surface area contributed by atoms with Crippen molar-refractivity contribution in [3.8, 4) is 11.9 Å². The van der Waals surface area contributed by atoms with E-state index in [1.54, 1.807) is 55.6 Å². The molecule has 0 amide bonds. The van der Waals surface area contributed by atoms with Gasteiger partial charge in [-0.25, -0.2) is 9.89 Å². The number of hydrogen-bond donors (Lipinski definition) is 2. The smallest absolute Gasteiger partial charge is 0.263 e. The van der Waals surface area contributed by atoms with Crippen molar-refractivity contribution < 1.29 is 5.11 Å². The number of halogens is 1. The van der Waals surface area contributed by atoms with Crippen molar-refractivity contribution in [2.45, 2.75) is 12.5 Å². The summed E-state index contributed by atoms with van der Waals surface area (Å²) in [6, 6.07) is 13.4. The number of para-hydroxylation sites is 1. The number of aromatic hydroxyl groups is 1. The summed E-state index contributed by atoms with van der Waals surface area (Å²) in [5, 5.41) is 29.6. The van der Waals surface area contributed by atoms with Crippen LogP contribution in [0.2, 0.25) is 5.02 Å². The van der Waals surface area contributed by atoms with Gasteiger partial charge < -0.3 is 9.67 Å². The molecule has 0 fully saturated rings. The highest BCUT2D eigenvalue weighted by atomic mass is 35.5. The molecule has 29 heavy (non-hydrogen) atoms. The monoisotopic (exact) mass is 405 g/mol. The van der Waals surface area contributed by atoms with E-state index in [1.165, 1.54) is 9.47 Å². The van der Waals surface area contributed by atoms with Gasteiger partial charge in [-0.1, -0.05) is 35.9 Å². The molecule has 3 aromatic rings. The Morgan fingerprint density at radius 3 is 2.62 bits per heavy atom. The number of aryl methyl sites for hydroxylation is 1. The molecule has 144 valence electrons. The van der Waals surface area contributed by atoms with Crippen molar-refractivity contribution in [1.82, 2.24) is 9.47 Å². The van der Waals surface area contributed by atoms with Crippen LogP contribution in [-0.2, 0) is 7.05 Å². The molecule has 1 aromatic heterocycles. The van der Waals surface area contributed by atoms with Crippen LogP contribution in [-0.4, -0.2) is 26.2 Å². The van der Waals surface area contributed by atoms with Gasteiger partial charge in [0.15, 0.2) is 6.19 Å². The third-order valence-corrected chi connectivity index (χ3v) is 5.35. The van der Waals surface area contributed by atoms with Crippen LogP contribution in [0.4, 0.5) is 0 Å². The number of nitrogens with one attached hydrogen (secondary N) is 1. The van der Waals surface area contributed by atoms with Crippen LogP contribution in [0.25, 0.3) is 10.9 Å². The van der Waals surface area contributed by atoms with Crippen LogP contribution in [0.3, 0.4) is 0 Å². The summed E-state index contributed by atoms with van der Waals surface area (Å²) < 4.78 is 1.45. The predicted octanol–water partition coefficient (Wildman–Crippen LogP) is 3.55. The summed E-state index contributed by atoms with van der Waals surface area (Å²) in [6.07, 6.45) is 2.16. The third kappa shape index (κ3) is 3.04. The minimum Gasteiger partial charge on any atom is -0.506 e. The van der Waals surface area contributed by atoms with Crippen molar-refractivity contribution in [2.24, 2.45) is 12.0 Å². The predicted molar refractivity (Wildman–Crippen MR) is 111 cm³/mol. The lowest BCUT2D eigenvalue weighted by atomic mass is 9.94. The van der Waals surface area contributed by atoms with Crippen molar-refractivity contribution in [3.05, 3.63) is 75.0 Å². The van der Waals surface area contributed by atoms with E-state index in [1.807, 2.05) is 6.19 Å². The Morgan fingerprint density at radius 1 is 1.24 bits per heavy atom. The van der Waals surface area contributed by atoms with Gasteiger partial charge in [0.25, 0.3) is 5.56 Å². The van der Waals surface area contributed by atoms with Crippen LogP contribution >= 0.6 is 11.6 Å². The van der Waals surface area contributed by atoms with Crippen LogP contribution in [0.1, 0.15) is 23.6 Å². The number of aromatic nitrogens is 1. The number of benzene rings is 2. The largest absolute Gasteiger partial charge is 0.506 e. The van der Waals surface area contributed by atoms with Crippen LogP contribution < -0.4 is 5.56 Å². The van der Waals surface area contributed by atoms with Crippen LogP contribution in [0, 0.1) is 16.9 Å². The van der Waals surface area contributed by atoms with Gasteiger partial charge in [-0.3, -0.25) is 10.2 Å². The Bertz CT molecular complexity index is 1270. The minimum atomic E-state index is -0.534. The van der Waals surface area contributed by atoms with E-state index in [0.29, 0.717) is 15.9 Å². The molecular formula is C21H16ClN5O2. The maximum Gasteiger partial charge on any atom is 0.263 e. The summed E-state index contributed by atoms with van der Waals surface area (Å²) in [5.41, 5.74) is 1.26. The average Bonchev–Trinajstić information content (AvgIpc) is 2.72. The second kappa shape index (κ2) is 7.08. The fourth-order valence-electron chi connectivity index (χ4n) is 3.62. The van der Waals surface area contributed by atoms with Gasteiger partial charge in [0.1, 0.15) is 11.3 Å². The molecule has 2 aromatic carbocycles. The average molecular weight is 406 g/mol. The van der Waals surface area contributed by atoms with Crippen molar-refractivity contribution in [3.63, 3.8) is 0 Å². The molecule has 8 heteroatoms. The van der Waals surface area contributed by atoms with Gasteiger partial charge in [0, 0.05) is 23.9 Å². The maximum absolute atomic E-state index is 13.0. The second-order valence-electron chi connectivity index (χ2n) is 6.73. The molecule has 1 atom stereocenters. The summed E-state index contributed by atoms with van der Waals surface area (Å²) in [6.45, 7) is 0. The lowest BCUT2D eigenvalue weighted by molar-refractivity contribution is 0.420. The molecule has 0 spiro atoms. The second-order valence-corrected chi connectivity index (χ2v) is 7.16. The number of aliphatic imine (C=N–C) groups is 1. The Kier molecular flexibility index (Phi) is 4.57. The fourth-order valence-corrected chi connectivity index (χ4v) is 3.74. The van der Waals surface area contributed by atoms with Gasteiger partial charge in [-0.2, -0.15) is 5.26 Å². The van der Waals surface area contributed by atoms with Gasteiger partial charge in [-0.15, -0.1) is 0 Å². The first-order valence-corrected chi connectivity index (χ1v) is 9.21. The summed E-state index contributed by atoms with van der Waals surface area (Å²) in [5.74, 6) is -0.459. The van der Waals surface area contributed by atoms with E-state index in [0.717, 1.165) is 5.56 Å². The zero-order valence-corrected chi connectivity index (χ0v) is 16.2. The molecular weight excluding hydrogens is 390 g/mol. The number of nitrogens with zero attached hydrogens (tertiary/aromatic N) is 4. The Labute approximate surface area is 171 Å². The number of nitriles is 1. The van der Waals surface area contributed by atoms with E-state index in [9.17, 15) is 15.2 Å². The first-order valence-electron chi connectivity index (χ1n) is 8.84. The molecule has 0 saturated heterocycles. The minimum absolute atomic E-state index is 0.0486. The zero-order chi connectivity index (χ0) is 20.7. The Hall–Kier alpha value is -3.63. The highest BCUT2D eigenvalue weighted by Gasteiger charge is 2.32. The SMILES string of the molecule is Cn1c(=O)c(C2=NC(=N)N(C#N)[C@@H](c3ccc(Cl)cc3)C2)c(O)c2ccccc21. The van der Waals surface area contributed by atoms with Gasteiger partial charge in [-0.05, 0) is 29.8 Å². The molecule has 2 N–H and O–H groups in total. The highest BCUT2D eigenvalue weighted by molar-refractivity contribution is 6.30. The molecule has 0 bridgehead atoms. The number of guanidine groups is 1. The molecule has 7 nitrogen and oxygen atoms in total. The van der Waals surface area contributed by atoms with E-state index in [2.05, 4.69) is 4.99 Å². The third-order valence-electron chi connectivity index (χ3n) is 5.09. The Balaban J connectivity index is 1.90. The van der Waals surface area contributed by atoms with E-state index in [-0.39, 0.29) is 29.4 Å². The molecule has 0 aliphatic carbocycles. The first-order chi connectivity index (χ1) is 13.9. The first kappa shape index (κ1) is 18.7. The molecule has 1 aliphatic heterocycles. The fraction of sp³-hybridized carbons (Fsp3) is 0.143. The Morgan fingerprint density at radius 2 is 1.93 bits per heavy atom. The normalized spacial score (nSPS) is 16.6. The van der Waals surface area contributed by atoms with Crippen LogP contribution in [0.15, 0.2) is 58.3 Å². The zero-order valence-electron chi connectivity index (χ0n) is 15.4. The lowest BCUT2D eigenvalue weighted by Crippen LogP contribution is -2.37. The van der Waals surface area contributed by atoms with Crippen molar-refractivity contribution in [1.29, 1.82) is 10.7 Å².